The molecule has 0 radical (unpaired) electrons. The average Bonchev–Trinajstić information content (AvgIpc) is 3.39. The van der Waals surface area contributed by atoms with Gasteiger partial charge in [-0.2, -0.15) is 0 Å². The van der Waals surface area contributed by atoms with Crippen LogP contribution in [0.15, 0.2) is 66.2 Å². The summed E-state index contributed by atoms with van der Waals surface area (Å²) in [7, 11) is 1.39. The van der Waals surface area contributed by atoms with Crippen LogP contribution in [0.1, 0.15) is 41.3 Å². The van der Waals surface area contributed by atoms with Crippen LogP contribution in [0.25, 0.3) is 0 Å². The summed E-state index contributed by atoms with van der Waals surface area (Å²) in [6, 6.07) is 12.1. The number of benzene rings is 3. The van der Waals surface area contributed by atoms with Gasteiger partial charge in [0, 0.05) is 28.2 Å². The third-order valence-corrected chi connectivity index (χ3v) is 8.09. The van der Waals surface area contributed by atoms with Gasteiger partial charge in [0.2, 0.25) is 17.7 Å². The fourth-order valence-electron chi connectivity index (χ4n) is 5.91. The number of amides is 3. The monoisotopic (exact) mass is 596 g/mol. The number of halogens is 3. The summed E-state index contributed by atoms with van der Waals surface area (Å²) in [6.45, 7) is 3.75. The fraction of sp³-hybridized carbons (Fsp3) is 0.233. The lowest BCUT2D eigenvalue weighted by atomic mass is 9.64. The first-order valence-electron chi connectivity index (χ1n) is 12.7. The molecule has 8 nitrogen and oxygen atoms in total. The van der Waals surface area contributed by atoms with Crippen LogP contribution in [0.4, 0.5) is 15.8 Å². The summed E-state index contributed by atoms with van der Waals surface area (Å²) in [5.74, 6) is -3.19. The van der Waals surface area contributed by atoms with Gasteiger partial charge in [-0.15, -0.1) is 0 Å². The van der Waals surface area contributed by atoms with Crippen LogP contribution in [0.2, 0.25) is 10.0 Å². The Labute approximate surface area is 246 Å². The molecule has 4 atom stereocenters. The quantitative estimate of drug-likeness (QED) is 0.293. The van der Waals surface area contributed by atoms with Crippen LogP contribution in [0.3, 0.4) is 0 Å². The molecule has 2 aliphatic rings. The maximum atomic E-state index is 15.8. The molecule has 3 amide bonds. The molecule has 11 heteroatoms. The predicted octanol–water partition coefficient (Wildman–Crippen LogP) is 5.16. The molecule has 3 aromatic carbocycles. The van der Waals surface area contributed by atoms with Crippen LogP contribution in [-0.4, -0.2) is 36.9 Å². The second-order valence-electron chi connectivity index (χ2n) is 10.3. The maximum absolute atomic E-state index is 15.8. The molecular weight excluding hydrogens is 570 g/mol. The standard InChI is InChI=1S/C30H27Cl2FN4O4/c1-14(2)11-23-30(18-9-8-16(31)13-21(18)36-29(30)40)24(17-5-4-6-19(32)25(17)33)26(37-23)28(39)35-20-10-7-15(27(34)38)12-22(20)41-3/h4-13,23-24,26,37H,1-3H3,(H2,34,38)(H,35,39)(H,36,40)/t23-,24-,26+,30+/m0/s1. The van der Waals surface area contributed by atoms with Crippen molar-refractivity contribution in [2.45, 2.75) is 37.3 Å². The van der Waals surface area contributed by atoms with Crippen molar-refractivity contribution in [3.05, 3.63) is 98.8 Å². The van der Waals surface area contributed by atoms with Crippen molar-refractivity contribution >= 4 is 52.3 Å². The van der Waals surface area contributed by atoms with Crippen LogP contribution in [-0.2, 0) is 15.0 Å². The van der Waals surface area contributed by atoms with Gasteiger partial charge in [0.15, 0.2) is 0 Å². The number of nitrogens with two attached hydrogens (primary N) is 1. The molecular formula is C30H27Cl2FN4O4. The number of carbonyl (C=O) groups is 3. The SMILES string of the molecule is COc1cc(C(N)=O)ccc1NC(=O)[C@@H]1N[C@@H](C=C(C)C)[C@@]2(C(=O)Nc3cc(Cl)ccc32)[C@H]1c1cccc(Cl)c1F. The first-order chi connectivity index (χ1) is 19.5. The largest absolute Gasteiger partial charge is 0.495 e. The topological polar surface area (TPSA) is 123 Å². The van der Waals surface area contributed by atoms with Gasteiger partial charge in [0.25, 0.3) is 0 Å². The van der Waals surface area contributed by atoms with Gasteiger partial charge in [-0.25, -0.2) is 4.39 Å². The minimum atomic E-state index is -1.44. The van der Waals surface area contributed by atoms with Gasteiger partial charge >= 0.3 is 0 Å². The molecule has 2 aliphatic heterocycles. The number of anilines is 2. The molecule has 0 unspecified atom stereocenters. The van der Waals surface area contributed by atoms with Crippen LogP contribution in [0.5, 0.6) is 5.75 Å². The van der Waals surface area contributed by atoms with Crippen LogP contribution in [0, 0.1) is 5.82 Å². The Morgan fingerprint density at radius 1 is 1.12 bits per heavy atom. The summed E-state index contributed by atoms with van der Waals surface area (Å²) in [5.41, 5.74) is 6.44. The minimum Gasteiger partial charge on any atom is -0.495 e. The number of nitrogens with one attached hydrogen (secondary N) is 3. The Kier molecular flexibility index (Phi) is 7.54. The van der Waals surface area contributed by atoms with Crippen LogP contribution >= 0.6 is 23.2 Å². The zero-order chi connectivity index (χ0) is 29.6. The highest BCUT2D eigenvalue weighted by Crippen LogP contribution is 2.56. The van der Waals surface area contributed by atoms with Crippen LogP contribution < -0.4 is 26.4 Å². The molecule has 1 fully saturated rings. The molecule has 5 N–H and O–H groups in total. The van der Waals surface area contributed by atoms with E-state index in [2.05, 4.69) is 16.0 Å². The zero-order valence-corrected chi connectivity index (χ0v) is 23.9. The third-order valence-electron chi connectivity index (χ3n) is 7.57. The predicted molar refractivity (Wildman–Crippen MR) is 156 cm³/mol. The van der Waals surface area contributed by atoms with E-state index < -0.39 is 47.0 Å². The molecule has 0 bridgehead atoms. The van der Waals surface area contributed by atoms with Crippen molar-refractivity contribution in [2.24, 2.45) is 5.73 Å². The number of methoxy groups -OCH3 is 1. The minimum absolute atomic E-state index is 0.101. The molecule has 41 heavy (non-hydrogen) atoms. The molecule has 3 aromatic rings. The number of allylic oxidation sites excluding steroid dienone is 1. The summed E-state index contributed by atoms with van der Waals surface area (Å²) in [6.07, 6.45) is 1.86. The normalized spacial score (nSPS) is 22.7. The number of hydrogen-bond donors (Lipinski definition) is 4. The van der Waals surface area contributed by atoms with Crippen molar-refractivity contribution in [1.29, 1.82) is 0 Å². The van der Waals surface area contributed by atoms with Crippen molar-refractivity contribution < 1.29 is 23.5 Å². The lowest BCUT2D eigenvalue weighted by molar-refractivity contribution is -0.121. The molecule has 5 rings (SSSR count). The number of ether oxygens (including phenoxy) is 1. The summed E-state index contributed by atoms with van der Waals surface area (Å²) in [4.78, 5) is 39.8. The number of primary amides is 1. The molecule has 1 spiro atoms. The van der Waals surface area contributed by atoms with Gasteiger partial charge in [-0.05, 0) is 61.4 Å². The Morgan fingerprint density at radius 2 is 1.88 bits per heavy atom. The molecule has 0 saturated carbocycles. The zero-order valence-electron chi connectivity index (χ0n) is 22.3. The van der Waals surface area contributed by atoms with Gasteiger partial charge in [0.1, 0.15) is 17.0 Å². The lowest BCUT2D eigenvalue weighted by Gasteiger charge is -2.34. The van der Waals surface area contributed by atoms with E-state index in [1.54, 1.807) is 24.3 Å². The Bertz CT molecular complexity index is 1620. The molecule has 1 saturated heterocycles. The van der Waals surface area contributed by atoms with E-state index in [1.807, 2.05) is 19.9 Å². The molecule has 0 aliphatic carbocycles. The molecule has 0 aromatic heterocycles. The maximum Gasteiger partial charge on any atom is 0.248 e. The lowest BCUT2D eigenvalue weighted by Crippen LogP contribution is -2.47. The van der Waals surface area contributed by atoms with Gasteiger partial charge in [-0.3, -0.25) is 19.7 Å². The third kappa shape index (κ3) is 4.73. The number of rotatable bonds is 6. The van der Waals surface area contributed by atoms with E-state index in [1.165, 1.54) is 37.4 Å². The number of fused-ring (bicyclic) bond motifs is 2. The van der Waals surface area contributed by atoms with E-state index in [0.29, 0.717) is 16.3 Å². The summed E-state index contributed by atoms with van der Waals surface area (Å²) in [5, 5.41) is 9.33. The second-order valence-corrected chi connectivity index (χ2v) is 11.1. The van der Waals surface area contributed by atoms with Crippen molar-refractivity contribution in [3.63, 3.8) is 0 Å². The Hall–Kier alpha value is -3.92. The van der Waals surface area contributed by atoms with Gasteiger partial charge in [-0.1, -0.05) is 53.1 Å². The Morgan fingerprint density at radius 3 is 2.56 bits per heavy atom. The highest BCUT2D eigenvalue weighted by Gasteiger charge is 2.65. The summed E-state index contributed by atoms with van der Waals surface area (Å²) < 4.78 is 21.2. The van der Waals surface area contributed by atoms with Gasteiger partial charge in [0.05, 0.1) is 23.9 Å². The number of carbonyl (C=O) groups excluding carboxylic acids is 3. The molecule has 2 heterocycles. The van der Waals surface area contributed by atoms with E-state index in [-0.39, 0.29) is 27.6 Å². The fourth-order valence-corrected chi connectivity index (χ4v) is 6.26. The van der Waals surface area contributed by atoms with Crippen molar-refractivity contribution in [3.8, 4) is 5.75 Å². The summed E-state index contributed by atoms with van der Waals surface area (Å²) >= 11 is 12.5. The second kappa shape index (κ2) is 10.8. The Balaban J connectivity index is 1.71. The first-order valence-corrected chi connectivity index (χ1v) is 13.5. The smallest absolute Gasteiger partial charge is 0.248 e. The number of hydrogen-bond acceptors (Lipinski definition) is 5. The van der Waals surface area contributed by atoms with E-state index >= 15 is 4.39 Å². The van der Waals surface area contributed by atoms with E-state index in [9.17, 15) is 14.4 Å². The highest BCUT2D eigenvalue weighted by molar-refractivity contribution is 6.31. The van der Waals surface area contributed by atoms with E-state index in [0.717, 1.165) is 5.57 Å². The average molecular weight is 597 g/mol. The van der Waals surface area contributed by atoms with E-state index in [4.69, 9.17) is 33.7 Å². The molecule has 212 valence electrons. The van der Waals surface area contributed by atoms with Crippen molar-refractivity contribution in [1.82, 2.24) is 5.32 Å². The van der Waals surface area contributed by atoms with Gasteiger partial charge < -0.3 is 21.1 Å². The first kappa shape index (κ1) is 28.6. The highest BCUT2D eigenvalue weighted by atomic mass is 35.5. The van der Waals surface area contributed by atoms with Crippen molar-refractivity contribution in [2.75, 3.05) is 17.7 Å².